The molecule has 2 aromatic rings. The van der Waals surface area contributed by atoms with Gasteiger partial charge >= 0.3 is 0 Å². The zero-order valence-electron chi connectivity index (χ0n) is 11.8. The molecule has 0 atom stereocenters. The highest BCUT2D eigenvalue weighted by atomic mass is 19.1. The lowest BCUT2D eigenvalue weighted by Gasteiger charge is -2.21. The standard InChI is InChI=1S/C17H18F2N2/c18-14-7-8-16(15(19)11-14)20-12-13-5-1-2-6-17(13)21-9-3-4-10-21/h1-2,5-8,11,20H,3-4,9-10,12H2. The molecular weight excluding hydrogens is 270 g/mol. The summed E-state index contributed by atoms with van der Waals surface area (Å²) < 4.78 is 26.5. The quantitative estimate of drug-likeness (QED) is 0.908. The maximum absolute atomic E-state index is 13.6. The van der Waals surface area contributed by atoms with E-state index in [0.29, 0.717) is 12.2 Å². The minimum absolute atomic E-state index is 0.327. The third-order valence-corrected chi connectivity index (χ3v) is 3.84. The van der Waals surface area contributed by atoms with Gasteiger partial charge in [0.25, 0.3) is 0 Å². The summed E-state index contributed by atoms with van der Waals surface area (Å²) in [4.78, 5) is 2.36. The van der Waals surface area contributed by atoms with Crippen LogP contribution in [-0.2, 0) is 6.54 Å². The number of benzene rings is 2. The van der Waals surface area contributed by atoms with Gasteiger partial charge in [0.15, 0.2) is 0 Å². The van der Waals surface area contributed by atoms with Gasteiger partial charge in [0, 0.05) is 31.4 Å². The number of para-hydroxylation sites is 1. The van der Waals surface area contributed by atoms with Gasteiger partial charge in [-0.1, -0.05) is 18.2 Å². The molecular formula is C17H18F2N2. The molecule has 4 heteroatoms. The molecule has 21 heavy (non-hydrogen) atoms. The van der Waals surface area contributed by atoms with E-state index in [1.807, 2.05) is 18.2 Å². The Balaban J connectivity index is 1.75. The summed E-state index contributed by atoms with van der Waals surface area (Å²) >= 11 is 0. The first kappa shape index (κ1) is 13.9. The minimum Gasteiger partial charge on any atom is -0.379 e. The summed E-state index contributed by atoms with van der Waals surface area (Å²) in [5.74, 6) is -1.12. The third kappa shape index (κ3) is 3.15. The van der Waals surface area contributed by atoms with Crippen molar-refractivity contribution in [2.24, 2.45) is 0 Å². The number of halogens is 2. The van der Waals surface area contributed by atoms with Crippen LogP contribution >= 0.6 is 0 Å². The topological polar surface area (TPSA) is 15.3 Å². The molecule has 0 aliphatic carbocycles. The van der Waals surface area contributed by atoms with Crippen molar-refractivity contribution in [1.82, 2.24) is 0 Å². The van der Waals surface area contributed by atoms with Crippen molar-refractivity contribution in [3.8, 4) is 0 Å². The lowest BCUT2D eigenvalue weighted by atomic mass is 10.1. The van der Waals surface area contributed by atoms with Gasteiger partial charge in [-0.15, -0.1) is 0 Å². The number of anilines is 2. The summed E-state index contributed by atoms with van der Waals surface area (Å²) in [6.07, 6.45) is 2.43. The van der Waals surface area contributed by atoms with Crippen LogP contribution in [-0.4, -0.2) is 13.1 Å². The maximum Gasteiger partial charge on any atom is 0.149 e. The van der Waals surface area contributed by atoms with Gasteiger partial charge in [0.05, 0.1) is 5.69 Å². The second kappa shape index (κ2) is 6.12. The number of nitrogens with one attached hydrogen (secondary N) is 1. The summed E-state index contributed by atoms with van der Waals surface area (Å²) in [6.45, 7) is 2.67. The molecule has 0 spiro atoms. The molecule has 0 amide bonds. The number of hydrogen-bond donors (Lipinski definition) is 1. The van der Waals surface area contributed by atoms with Gasteiger partial charge in [-0.25, -0.2) is 8.78 Å². The van der Waals surface area contributed by atoms with Crippen LogP contribution in [0.15, 0.2) is 42.5 Å². The van der Waals surface area contributed by atoms with Crippen LogP contribution in [0.2, 0.25) is 0 Å². The molecule has 2 nitrogen and oxygen atoms in total. The Morgan fingerprint density at radius 1 is 1.00 bits per heavy atom. The molecule has 1 N–H and O–H groups in total. The number of rotatable bonds is 4. The van der Waals surface area contributed by atoms with Crippen molar-refractivity contribution in [3.63, 3.8) is 0 Å². The van der Waals surface area contributed by atoms with Crippen molar-refractivity contribution >= 4 is 11.4 Å². The van der Waals surface area contributed by atoms with E-state index in [-0.39, 0.29) is 0 Å². The lowest BCUT2D eigenvalue weighted by Crippen LogP contribution is -2.20. The summed E-state index contributed by atoms with van der Waals surface area (Å²) in [5, 5.41) is 3.05. The van der Waals surface area contributed by atoms with Crippen LogP contribution in [0.5, 0.6) is 0 Å². The van der Waals surface area contributed by atoms with Gasteiger partial charge in [-0.3, -0.25) is 0 Å². The minimum atomic E-state index is -0.561. The van der Waals surface area contributed by atoms with Crippen LogP contribution in [0.4, 0.5) is 20.2 Å². The van der Waals surface area contributed by atoms with Gasteiger partial charge in [0.2, 0.25) is 0 Å². The molecule has 0 saturated carbocycles. The molecule has 1 saturated heterocycles. The van der Waals surface area contributed by atoms with Gasteiger partial charge < -0.3 is 10.2 Å². The molecule has 1 fully saturated rings. The van der Waals surface area contributed by atoms with Crippen LogP contribution in [0, 0.1) is 11.6 Å². The Morgan fingerprint density at radius 3 is 2.52 bits per heavy atom. The highest BCUT2D eigenvalue weighted by molar-refractivity contribution is 5.56. The fourth-order valence-corrected chi connectivity index (χ4v) is 2.75. The van der Waals surface area contributed by atoms with Gasteiger partial charge in [0.1, 0.15) is 11.6 Å². The molecule has 1 aliphatic heterocycles. The van der Waals surface area contributed by atoms with E-state index in [1.54, 1.807) is 0 Å². The predicted octanol–water partition coefficient (Wildman–Crippen LogP) is 4.18. The monoisotopic (exact) mass is 288 g/mol. The van der Waals surface area contributed by atoms with Gasteiger partial charge in [-0.2, -0.15) is 0 Å². The van der Waals surface area contributed by atoms with Crippen molar-refractivity contribution < 1.29 is 8.78 Å². The summed E-state index contributed by atoms with van der Waals surface area (Å²) in [6, 6.07) is 11.7. The zero-order valence-corrected chi connectivity index (χ0v) is 11.8. The first-order valence-electron chi connectivity index (χ1n) is 7.26. The first-order chi connectivity index (χ1) is 10.2. The second-order valence-electron chi connectivity index (χ2n) is 5.30. The molecule has 0 bridgehead atoms. The van der Waals surface area contributed by atoms with E-state index >= 15 is 0 Å². The fourth-order valence-electron chi connectivity index (χ4n) is 2.75. The third-order valence-electron chi connectivity index (χ3n) is 3.84. The number of nitrogens with zero attached hydrogens (tertiary/aromatic N) is 1. The Morgan fingerprint density at radius 2 is 1.76 bits per heavy atom. The largest absolute Gasteiger partial charge is 0.379 e. The molecule has 0 aromatic heterocycles. The molecule has 3 rings (SSSR count). The average Bonchev–Trinajstić information content (AvgIpc) is 3.01. The van der Waals surface area contributed by atoms with E-state index in [2.05, 4.69) is 16.3 Å². The highest BCUT2D eigenvalue weighted by Gasteiger charge is 2.15. The average molecular weight is 288 g/mol. The van der Waals surface area contributed by atoms with Crippen LogP contribution < -0.4 is 10.2 Å². The SMILES string of the molecule is Fc1ccc(NCc2ccccc2N2CCCC2)c(F)c1. The van der Waals surface area contributed by atoms with Gasteiger partial charge in [-0.05, 0) is 36.6 Å². The maximum atomic E-state index is 13.6. The van der Waals surface area contributed by atoms with E-state index in [9.17, 15) is 8.78 Å². The summed E-state index contributed by atoms with van der Waals surface area (Å²) in [7, 11) is 0. The Kier molecular flexibility index (Phi) is 4.04. The summed E-state index contributed by atoms with van der Waals surface area (Å²) in [5.41, 5.74) is 2.65. The van der Waals surface area contributed by atoms with Crippen molar-refractivity contribution in [3.05, 3.63) is 59.7 Å². The van der Waals surface area contributed by atoms with Crippen molar-refractivity contribution in [2.45, 2.75) is 19.4 Å². The van der Waals surface area contributed by atoms with Crippen LogP contribution in [0.3, 0.4) is 0 Å². The normalized spacial score (nSPS) is 14.5. The van der Waals surface area contributed by atoms with E-state index < -0.39 is 11.6 Å². The molecule has 0 unspecified atom stereocenters. The fraction of sp³-hybridized carbons (Fsp3) is 0.294. The molecule has 110 valence electrons. The van der Waals surface area contributed by atoms with Crippen molar-refractivity contribution in [2.75, 3.05) is 23.3 Å². The Bertz CT molecular complexity index is 622. The highest BCUT2D eigenvalue weighted by Crippen LogP contribution is 2.25. The Hall–Kier alpha value is -2.10. The molecule has 0 radical (unpaired) electrons. The molecule has 1 heterocycles. The van der Waals surface area contributed by atoms with Crippen LogP contribution in [0.1, 0.15) is 18.4 Å². The van der Waals surface area contributed by atoms with Crippen molar-refractivity contribution in [1.29, 1.82) is 0 Å². The van der Waals surface area contributed by atoms with E-state index in [0.717, 1.165) is 24.7 Å². The Labute approximate surface area is 123 Å². The first-order valence-corrected chi connectivity index (χ1v) is 7.26. The van der Waals surface area contributed by atoms with E-state index in [1.165, 1.54) is 30.7 Å². The predicted molar refractivity (Wildman–Crippen MR) is 81.6 cm³/mol. The lowest BCUT2D eigenvalue weighted by molar-refractivity contribution is 0.585. The smallest absolute Gasteiger partial charge is 0.149 e. The molecule has 1 aliphatic rings. The number of hydrogen-bond acceptors (Lipinski definition) is 2. The van der Waals surface area contributed by atoms with Crippen LogP contribution in [0.25, 0.3) is 0 Å². The van der Waals surface area contributed by atoms with E-state index in [4.69, 9.17) is 0 Å². The second-order valence-corrected chi connectivity index (χ2v) is 5.30. The zero-order chi connectivity index (χ0) is 14.7. The molecule has 2 aromatic carbocycles.